The number of carbonyl (C=O) groups is 3. The Kier molecular flexibility index (Phi) is 8.26. The van der Waals surface area contributed by atoms with Gasteiger partial charge in [0.2, 0.25) is 11.8 Å². The van der Waals surface area contributed by atoms with Crippen LogP contribution in [0.3, 0.4) is 0 Å². The van der Waals surface area contributed by atoms with Crippen LogP contribution in [0.4, 0.5) is 5.69 Å². The van der Waals surface area contributed by atoms with E-state index < -0.39 is 5.41 Å². The lowest BCUT2D eigenvalue weighted by Crippen LogP contribution is -2.49. The van der Waals surface area contributed by atoms with E-state index in [0.717, 1.165) is 24.1 Å². The van der Waals surface area contributed by atoms with Gasteiger partial charge in [-0.15, -0.1) is 0 Å². The molecule has 1 saturated heterocycles. The van der Waals surface area contributed by atoms with Gasteiger partial charge in [-0.25, -0.2) is 0 Å². The average molecular weight is 520 g/mol. The van der Waals surface area contributed by atoms with Gasteiger partial charge in [0.25, 0.3) is 0 Å². The minimum atomic E-state index is -0.968. The van der Waals surface area contributed by atoms with E-state index in [2.05, 4.69) is 10.2 Å². The second kappa shape index (κ2) is 11.6. The van der Waals surface area contributed by atoms with Crippen molar-refractivity contribution >= 4 is 35.4 Å². The number of aldehydes is 1. The quantitative estimate of drug-likeness (QED) is 0.389. The number of anilines is 1. The molecule has 37 heavy (non-hydrogen) atoms. The third-order valence-corrected chi connectivity index (χ3v) is 7.42. The molecular weight excluding hydrogens is 490 g/mol. The van der Waals surface area contributed by atoms with Crippen LogP contribution in [-0.2, 0) is 15.0 Å². The van der Waals surface area contributed by atoms with Gasteiger partial charge in [0.1, 0.15) is 11.2 Å². The molecule has 3 aromatic carbocycles. The molecule has 0 aromatic heterocycles. The van der Waals surface area contributed by atoms with Crippen LogP contribution in [0.15, 0.2) is 72.8 Å². The number of ether oxygens (including phenoxy) is 1. The molecule has 1 fully saturated rings. The van der Waals surface area contributed by atoms with Crippen LogP contribution in [0, 0.1) is 5.92 Å². The van der Waals surface area contributed by atoms with Gasteiger partial charge in [0.15, 0.2) is 6.29 Å². The number of carbonyl (C=O) groups excluding carboxylic acids is 3. The van der Waals surface area contributed by atoms with Crippen LogP contribution in [-0.4, -0.2) is 49.7 Å². The molecule has 0 spiro atoms. The third kappa shape index (κ3) is 5.38. The van der Waals surface area contributed by atoms with Crippen LogP contribution >= 0.6 is 11.6 Å². The van der Waals surface area contributed by atoms with Crippen molar-refractivity contribution in [2.45, 2.75) is 18.3 Å². The smallest absolute Gasteiger partial charge is 0.232 e. The van der Waals surface area contributed by atoms with Gasteiger partial charge in [0, 0.05) is 25.6 Å². The van der Waals surface area contributed by atoms with Gasteiger partial charge in [-0.2, -0.15) is 0 Å². The first-order valence-electron chi connectivity index (χ1n) is 12.2. The van der Waals surface area contributed by atoms with E-state index in [1.165, 1.54) is 19.2 Å². The molecule has 1 atom stereocenters. The van der Waals surface area contributed by atoms with E-state index in [1.54, 1.807) is 0 Å². The largest absolute Gasteiger partial charge is 0.496 e. The van der Waals surface area contributed by atoms with Crippen molar-refractivity contribution in [3.63, 3.8) is 0 Å². The molecule has 0 radical (unpaired) electrons. The minimum Gasteiger partial charge on any atom is -0.496 e. The number of hydrogen-bond acceptors (Lipinski definition) is 5. The maximum atomic E-state index is 13.2. The lowest BCUT2D eigenvalue weighted by molar-refractivity contribution is -0.124. The summed E-state index contributed by atoms with van der Waals surface area (Å²) in [6, 6.07) is 22.4. The Morgan fingerprint density at radius 1 is 1.11 bits per heavy atom. The van der Waals surface area contributed by atoms with Crippen molar-refractivity contribution < 1.29 is 19.1 Å². The number of likely N-dealkylation sites (tertiary alicyclic amines) is 1. The Labute approximate surface area is 221 Å². The van der Waals surface area contributed by atoms with E-state index in [-0.39, 0.29) is 29.2 Å². The number of nitrogens with two attached hydrogens (primary N) is 1. The number of benzene rings is 3. The van der Waals surface area contributed by atoms with Gasteiger partial charge in [-0.3, -0.25) is 14.4 Å². The van der Waals surface area contributed by atoms with Crippen molar-refractivity contribution in [3.05, 3.63) is 94.5 Å². The number of amides is 2. The molecule has 3 N–H and O–H groups in total. The van der Waals surface area contributed by atoms with E-state index in [4.69, 9.17) is 22.1 Å². The molecule has 0 saturated carbocycles. The summed E-state index contributed by atoms with van der Waals surface area (Å²) in [4.78, 5) is 39.3. The maximum absolute atomic E-state index is 13.2. The van der Waals surface area contributed by atoms with Crippen LogP contribution in [0.2, 0.25) is 5.02 Å². The van der Waals surface area contributed by atoms with E-state index in [1.807, 2.05) is 60.7 Å². The number of halogens is 1. The van der Waals surface area contributed by atoms with Crippen molar-refractivity contribution in [2.24, 2.45) is 11.7 Å². The molecule has 4 rings (SSSR count). The number of nitrogens with zero attached hydrogens (tertiary/aromatic N) is 1. The molecular formula is C29H30ClN3O4. The maximum Gasteiger partial charge on any atom is 0.232 e. The molecule has 192 valence electrons. The molecule has 1 aliphatic heterocycles. The van der Waals surface area contributed by atoms with Gasteiger partial charge in [0.05, 0.1) is 23.4 Å². The summed E-state index contributed by atoms with van der Waals surface area (Å²) in [5.74, 6) is -0.301. The predicted molar refractivity (Wildman–Crippen MR) is 144 cm³/mol. The van der Waals surface area contributed by atoms with Crippen LogP contribution < -0.4 is 15.8 Å². The zero-order chi connectivity index (χ0) is 26.4. The van der Waals surface area contributed by atoms with Gasteiger partial charge < -0.3 is 20.7 Å². The molecule has 8 heteroatoms. The zero-order valence-electron chi connectivity index (χ0n) is 20.7. The highest BCUT2D eigenvalue weighted by Crippen LogP contribution is 2.43. The topological polar surface area (TPSA) is 102 Å². The summed E-state index contributed by atoms with van der Waals surface area (Å²) in [5, 5.41) is 3.06. The monoisotopic (exact) mass is 519 g/mol. The Hall–Kier alpha value is -3.68. The normalized spacial score (nSPS) is 15.8. The first kappa shape index (κ1) is 26.4. The van der Waals surface area contributed by atoms with Crippen molar-refractivity contribution in [2.75, 3.05) is 32.1 Å². The molecule has 1 aliphatic rings. The highest BCUT2D eigenvalue weighted by Gasteiger charge is 2.49. The molecule has 0 aliphatic carbocycles. The Morgan fingerprint density at radius 2 is 1.73 bits per heavy atom. The fourth-order valence-electron chi connectivity index (χ4n) is 5.32. The Balaban J connectivity index is 1.48. The molecule has 1 unspecified atom stereocenters. The van der Waals surface area contributed by atoms with Gasteiger partial charge in [-0.05, 0) is 36.1 Å². The minimum absolute atomic E-state index is 0.0487. The molecule has 0 bridgehead atoms. The zero-order valence-corrected chi connectivity index (χ0v) is 21.4. The fourth-order valence-corrected chi connectivity index (χ4v) is 5.54. The summed E-state index contributed by atoms with van der Waals surface area (Å²) in [7, 11) is 1.45. The molecule has 2 amide bonds. The molecule has 7 nitrogen and oxygen atoms in total. The average Bonchev–Trinajstić information content (AvgIpc) is 3.39. The highest BCUT2D eigenvalue weighted by atomic mass is 35.5. The Bertz CT molecular complexity index is 1230. The number of rotatable bonds is 10. The molecule has 1 heterocycles. The van der Waals surface area contributed by atoms with E-state index in [0.29, 0.717) is 36.4 Å². The SMILES string of the molecule is COc1cc(NC(=O)CCN2CCC(C(C(N)=O)(c3ccccc3)c3ccccc3)C2)c(Cl)cc1C=O. The summed E-state index contributed by atoms with van der Waals surface area (Å²) >= 11 is 6.24. The second-order valence-electron chi connectivity index (χ2n) is 9.18. The Morgan fingerprint density at radius 3 is 2.27 bits per heavy atom. The van der Waals surface area contributed by atoms with E-state index >= 15 is 0 Å². The van der Waals surface area contributed by atoms with Crippen molar-refractivity contribution in [1.29, 1.82) is 0 Å². The number of primary amides is 1. The number of nitrogens with one attached hydrogen (secondary N) is 1. The first-order chi connectivity index (χ1) is 17.9. The standard InChI is InChI=1S/C29H30ClN3O4/c1-37-26-17-25(24(30)16-20(26)19-34)32-27(35)13-15-33-14-12-23(18-33)29(28(31)36,21-8-4-2-5-9-21)22-10-6-3-7-11-22/h2-11,16-17,19,23H,12-15,18H2,1H3,(H2,31,36)(H,32,35). The lowest BCUT2D eigenvalue weighted by atomic mass is 9.64. The van der Waals surface area contributed by atoms with Gasteiger partial charge in [-0.1, -0.05) is 72.3 Å². The summed E-state index contributed by atoms with van der Waals surface area (Å²) in [6.45, 7) is 1.89. The lowest BCUT2D eigenvalue weighted by Gasteiger charge is -2.37. The van der Waals surface area contributed by atoms with E-state index in [9.17, 15) is 14.4 Å². The summed E-state index contributed by atoms with van der Waals surface area (Å²) in [6.07, 6.45) is 1.66. The second-order valence-corrected chi connectivity index (χ2v) is 9.59. The number of methoxy groups -OCH3 is 1. The summed E-state index contributed by atoms with van der Waals surface area (Å²) in [5.41, 5.74) is 7.64. The first-order valence-corrected chi connectivity index (χ1v) is 12.5. The molecule has 3 aromatic rings. The van der Waals surface area contributed by atoms with Gasteiger partial charge >= 0.3 is 0 Å². The van der Waals surface area contributed by atoms with Crippen LogP contribution in [0.1, 0.15) is 34.3 Å². The highest BCUT2D eigenvalue weighted by molar-refractivity contribution is 6.34. The predicted octanol–water partition coefficient (Wildman–Crippen LogP) is 4.28. The summed E-state index contributed by atoms with van der Waals surface area (Å²) < 4.78 is 5.20. The number of hydrogen-bond donors (Lipinski definition) is 2. The van der Waals surface area contributed by atoms with Crippen molar-refractivity contribution in [1.82, 2.24) is 4.90 Å². The third-order valence-electron chi connectivity index (χ3n) is 7.11. The fraction of sp³-hybridized carbons (Fsp3) is 0.276. The van der Waals surface area contributed by atoms with Crippen LogP contribution in [0.5, 0.6) is 5.75 Å². The van der Waals surface area contributed by atoms with Crippen molar-refractivity contribution in [3.8, 4) is 5.75 Å². The van der Waals surface area contributed by atoms with Crippen LogP contribution in [0.25, 0.3) is 0 Å².